The SMILES string of the molecule is O=C(CNc1ccc2cccc3c2c1C(=O)C=C3)NCCOCC(=O)Nc1ccn([C@@H]2O[C@H](CO)[C@H](O)C2(F)F)c(=O)n1. The molecule has 43 heavy (non-hydrogen) atoms. The summed E-state index contributed by atoms with van der Waals surface area (Å²) in [6.07, 6.45) is -1.92. The van der Waals surface area contributed by atoms with Crippen LogP contribution in [-0.2, 0) is 19.1 Å². The molecule has 2 heterocycles. The van der Waals surface area contributed by atoms with Gasteiger partial charge < -0.3 is 35.6 Å². The van der Waals surface area contributed by atoms with Gasteiger partial charge in [0.05, 0.1) is 25.3 Å². The second-order valence-corrected chi connectivity index (χ2v) is 9.77. The van der Waals surface area contributed by atoms with Crippen molar-refractivity contribution in [3.8, 4) is 0 Å². The molecule has 2 amide bonds. The van der Waals surface area contributed by atoms with Crippen molar-refractivity contribution in [2.45, 2.75) is 24.4 Å². The first kappa shape index (κ1) is 29.9. The zero-order valence-electron chi connectivity index (χ0n) is 22.5. The molecule has 0 saturated carbocycles. The Hall–Kier alpha value is -4.57. The number of rotatable bonds is 11. The van der Waals surface area contributed by atoms with E-state index in [1.54, 1.807) is 12.1 Å². The van der Waals surface area contributed by atoms with Gasteiger partial charge in [0.1, 0.15) is 18.5 Å². The van der Waals surface area contributed by atoms with Crippen LogP contribution in [0.5, 0.6) is 0 Å². The van der Waals surface area contributed by atoms with Gasteiger partial charge in [0.25, 0.3) is 5.91 Å². The smallest absolute Gasteiger partial charge is 0.351 e. The van der Waals surface area contributed by atoms with Crippen LogP contribution in [0.15, 0.2) is 53.5 Å². The first-order valence-corrected chi connectivity index (χ1v) is 13.2. The lowest BCUT2D eigenvalue weighted by atomic mass is 9.91. The van der Waals surface area contributed by atoms with E-state index in [-0.39, 0.29) is 37.2 Å². The number of aliphatic hydroxyl groups excluding tert-OH is 2. The van der Waals surface area contributed by atoms with Crippen molar-refractivity contribution in [1.29, 1.82) is 0 Å². The maximum atomic E-state index is 14.3. The number of allylic oxidation sites excluding steroid dienone is 1. The quantitative estimate of drug-likeness (QED) is 0.197. The predicted molar refractivity (Wildman–Crippen MR) is 149 cm³/mol. The molecule has 1 aliphatic heterocycles. The molecule has 2 aromatic carbocycles. The highest BCUT2D eigenvalue weighted by molar-refractivity contribution is 6.23. The van der Waals surface area contributed by atoms with Gasteiger partial charge in [0.2, 0.25) is 12.1 Å². The fourth-order valence-corrected chi connectivity index (χ4v) is 4.82. The van der Waals surface area contributed by atoms with Crippen LogP contribution in [0.3, 0.4) is 0 Å². The highest BCUT2D eigenvalue weighted by Crippen LogP contribution is 2.42. The molecule has 226 valence electrons. The average Bonchev–Trinajstić information content (AvgIpc) is 3.21. The maximum absolute atomic E-state index is 14.3. The number of nitrogens with zero attached hydrogens (tertiary/aromatic N) is 2. The summed E-state index contributed by atoms with van der Waals surface area (Å²) in [5.74, 6) is -5.32. The Morgan fingerprint density at radius 1 is 1.12 bits per heavy atom. The van der Waals surface area contributed by atoms with Gasteiger partial charge in [-0.3, -0.25) is 19.0 Å². The van der Waals surface area contributed by atoms with E-state index in [2.05, 4.69) is 20.9 Å². The van der Waals surface area contributed by atoms with Gasteiger partial charge in [0.15, 0.2) is 11.9 Å². The number of alkyl halides is 2. The summed E-state index contributed by atoms with van der Waals surface area (Å²) in [5, 5.41) is 28.4. The van der Waals surface area contributed by atoms with E-state index >= 15 is 0 Å². The molecule has 3 atom stereocenters. The standard InChI is InChI=1S/C28H27F2N5O8/c29-28(30)25(40)19(13-36)43-26(28)35-10-8-20(34-27(35)41)33-22(39)14-42-11-9-31-21(38)12-32-17-6-4-15-2-1-3-16-5-7-18(37)24(17)23(15)16/h1-8,10,19,25-26,32,36,40H,9,11-14H2,(H,31,38)(H,33,34,39,41)/t19-,25+,26-/m1/s1. The minimum absolute atomic E-state index is 0.0233. The van der Waals surface area contributed by atoms with E-state index < -0.39 is 49.2 Å². The molecular formula is C28H27F2N5O8. The van der Waals surface area contributed by atoms with Gasteiger partial charge in [-0.15, -0.1) is 0 Å². The van der Waals surface area contributed by atoms with Gasteiger partial charge in [-0.05, 0) is 29.2 Å². The third kappa shape index (κ3) is 6.15. The van der Waals surface area contributed by atoms with E-state index in [0.717, 1.165) is 28.6 Å². The lowest BCUT2D eigenvalue weighted by Crippen LogP contribution is -2.41. The Kier molecular flexibility index (Phi) is 8.59. The van der Waals surface area contributed by atoms with Crippen LogP contribution in [0.4, 0.5) is 20.3 Å². The number of amides is 2. The van der Waals surface area contributed by atoms with Crippen molar-refractivity contribution in [3.05, 3.63) is 70.3 Å². The molecule has 0 spiro atoms. The molecule has 0 bridgehead atoms. The van der Waals surface area contributed by atoms with Crippen LogP contribution < -0.4 is 21.6 Å². The second-order valence-electron chi connectivity index (χ2n) is 9.77. The number of halogens is 2. The monoisotopic (exact) mass is 599 g/mol. The number of carbonyl (C=O) groups excluding carboxylic acids is 3. The summed E-state index contributed by atoms with van der Waals surface area (Å²) < 4.78 is 39.2. The fourth-order valence-electron chi connectivity index (χ4n) is 4.82. The fraction of sp³-hybridized carbons (Fsp3) is 0.321. The molecule has 0 unspecified atom stereocenters. The van der Waals surface area contributed by atoms with E-state index in [1.807, 2.05) is 24.3 Å². The summed E-state index contributed by atoms with van der Waals surface area (Å²) in [6.45, 7) is -1.38. The molecule has 13 nitrogen and oxygen atoms in total. The van der Waals surface area contributed by atoms with Crippen LogP contribution in [0.25, 0.3) is 16.8 Å². The number of benzene rings is 2. The summed E-state index contributed by atoms with van der Waals surface area (Å²) in [7, 11) is 0. The number of ketones is 1. The Labute approximate surface area is 242 Å². The first-order chi connectivity index (χ1) is 20.6. The van der Waals surface area contributed by atoms with E-state index in [1.165, 1.54) is 6.08 Å². The van der Waals surface area contributed by atoms with Crippen LogP contribution >= 0.6 is 0 Å². The zero-order valence-corrected chi connectivity index (χ0v) is 22.5. The predicted octanol–water partition coefficient (Wildman–Crippen LogP) is 0.675. The topological polar surface area (TPSA) is 181 Å². The Balaban J connectivity index is 1.05. The minimum atomic E-state index is -3.87. The number of hydrogen-bond donors (Lipinski definition) is 5. The Morgan fingerprint density at radius 3 is 2.67 bits per heavy atom. The van der Waals surface area contributed by atoms with Crippen LogP contribution in [0, 0.1) is 0 Å². The number of hydrogen-bond acceptors (Lipinski definition) is 10. The zero-order chi connectivity index (χ0) is 30.7. The number of nitrogens with one attached hydrogen (secondary N) is 3. The molecule has 5 N–H and O–H groups in total. The summed E-state index contributed by atoms with van der Waals surface area (Å²) >= 11 is 0. The summed E-state index contributed by atoms with van der Waals surface area (Å²) in [4.78, 5) is 52.8. The van der Waals surface area contributed by atoms with Crippen molar-refractivity contribution in [1.82, 2.24) is 14.9 Å². The summed E-state index contributed by atoms with van der Waals surface area (Å²) in [6, 6.07) is 10.4. The average molecular weight is 600 g/mol. The lowest BCUT2D eigenvalue weighted by Gasteiger charge is -2.21. The Morgan fingerprint density at radius 2 is 1.93 bits per heavy atom. The van der Waals surface area contributed by atoms with Crippen molar-refractivity contribution in [2.75, 3.05) is 43.5 Å². The van der Waals surface area contributed by atoms with Gasteiger partial charge in [-0.25, -0.2) is 4.79 Å². The lowest BCUT2D eigenvalue weighted by molar-refractivity contribution is -0.141. The van der Waals surface area contributed by atoms with Gasteiger partial charge in [0, 0.05) is 23.8 Å². The molecule has 1 aliphatic carbocycles. The largest absolute Gasteiger partial charge is 0.394 e. The highest BCUT2D eigenvalue weighted by Gasteiger charge is 2.59. The second kappa shape index (κ2) is 12.3. The molecule has 1 fully saturated rings. The molecular weight excluding hydrogens is 572 g/mol. The van der Waals surface area contributed by atoms with E-state index in [9.17, 15) is 33.1 Å². The number of aliphatic hydroxyl groups is 2. The van der Waals surface area contributed by atoms with Crippen molar-refractivity contribution in [2.24, 2.45) is 0 Å². The van der Waals surface area contributed by atoms with Gasteiger partial charge in [-0.1, -0.05) is 30.3 Å². The van der Waals surface area contributed by atoms with Crippen LogP contribution in [-0.4, -0.2) is 88.4 Å². The van der Waals surface area contributed by atoms with Gasteiger partial charge in [-0.2, -0.15) is 13.8 Å². The molecule has 1 aromatic heterocycles. The minimum Gasteiger partial charge on any atom is -0.394 e. The number of ether oxygens (including phenoxy) is 2. The third-order valence-corrected chi connectivity index (χ3v) is 6.89. The van der Waals surface area contributed by atoms with Crippen molar-refractivity contribution in [3.63, 3.8) is 0 Å². The van der Waals surface area contributed by atoms with E-state index in [4.69, 9.17) is 14.6 Å². The van der Waals surface area contributed by atoms with Crippen molar-refractivity contribution < 1.29 is 42.9 Å². The number of anilines is 2. The number of aromatic nitrogens is 2. The van der Waals surface area contributed by atoms with E-state index in [0.29, 0.717) is 15.8 Å². The molecule has 3 aromatic rings. The molecule has 1 saturated heterocycles. The molecule has 5 rings (SSSR count). The normalized spacial score (nSPS) is 20.3. The maximum Gasteiger partial charge on any atom is 0.351 e. The first-order valence-electron chi connectivity index (χ1n) is 13.2. The van der Waals surface area contributed by atoms with Crippen molar-refractivity contribution >= 4 is 46.0 Å². The molecule has 2 aliphatic rings. The molecule has 0 radical (unpaired) electrons. The highest BCUT2D eigenvalue weighted by atomic mass is 19.3. The van der Waals surface area contributed by atoms with Crippen LogP contribution in [0.1, 0.15) is 22.1 Å². The Bertz CT molecular complexity index is 1660. The number of carbonyl (C=O) groups is 3. The van der Waals surface area contributed by atoms with Gasteiger partial charge >= 0.3 is 11.6 Å². The summed E-state index contributed by atoms with van der Waals surface area (Å²) in [5.41, 5.74) is 0.779. The van der Waals surface area contributed by atoms with Crippen LogP contribution in [0.2, 0.25) is 0 Å². The third-order valence-electron chi connectivity index (χ3n) is 6.89. The molecule has 15 heteroatoms.